The average molecular weight is 415 g/mol. The molecule has 0 aromatic heterocycles. The molecule has 154 valence electrons. The van der Waals surface area contributed by atoms with Gasteiger partial charge in [-0.15, -0.1) is 0 Å². The highest BCUT2D eigenvalue weighted by Gasteiger charge is 2.24. The number of nitrogens with zero attached hydrogens (tertiary/aromatic N) is 1. The van der Waals surface area contributed by atoms with E-state index in [0.29, 0.717) is 36.0 Å². The van der Waals surface area contributed by atoms with Gasteiger partial charge in [-0.3, -0.25) is 9.59 Å². The molecule has 1 heterocycles. The maximum atomic E-state index is 12.8. The normalized spacial score (nSPS) is 15.6. The largest absolute Gasteiger partial charge is 0.489 e. The zero-order valence-electron chi connectivity index (χ0n) is 16.9. The fourth-order valence-corrected chi connectivity index (χ4v) is 3.66. The van der Waals surface area contributed by atoms with Crippen LogP contribution in [0.15, 0.2) is 48.5 Å². The van der Waals surface area contributed by atoms with Crippen LogP contribution in [0.2, 0.25) is 5.02 Å². The third-order valence-electron chi connectivity index (χ3n) is 5.30. The van der Waals surface area contributed by atoms with Crippen LogP contribution in [0.1, 0.15) is 48.5 Å². The lowest BCUT2D eigenvalue weighted by atomic mass is 10.0. The number of rotatable bonds is 6. The van der Waals surface area contributed by atoms with E-state index in [-0.39, 0.29) is 23.8 Å². The van der Waals surface area contributed by atoms with Crippen molar-refractivity contribution in [2.45, 2.75) is 38.7 Å². The molecule has 1 N–H and O–H groups in total. The van der Waals surface area contributed by atoms with Gasteiger partial charge in [-0.05, 0) is 29.7 Å². The van der Waals surface area contributed by atoms with Gasteiger partial charge in [0.2, 0.25) is 5.91 Å². The molecule has 5 nitrogen and oxygen atoms in total. The highest BCUT2D eigenvalue weighted by Crippen LogP contribution is 2.26. The van der Waals surface area contributed by atoms with Crippen LogP contribution in [0.25, 0.3) is 0 Å². The van der Waals surface area contributed by atoms with Crippen LogP contribution >= 0.6 is 11.6 Å². The maximum absolute atomic E-state index is 12.8. The quantitative estimate of drug-likeness (QED) is 0.768. The molecule has 0 aliphatic carbocycles. The Morgan fingerprint density at radius 1 is 1.17 bits per heavy atom. The molecule has 1 aliphatic rings. The molecule has 2 aromatic rings. The van der Waals surface area contributed by atoms with E-state index in [1.165, 1.54) is 5.56 Å². The van der Waals surface area contributed by atoms with E-state index in [4.69, 9.17) is 16.3 Å². The Kier molecular flexibility index (Phi) is 7.15. The summed E-state index contributed by atoms with van der Waals surface area (Å²) in [7, 11) is 0. The van der Waals surface area contributed by atoms with Gasteiger partial charge in [-0.25, -0.2) is 0 Å². The van der Waals surface area contributed by atoms with Crippen molar-refractivity contribution < 1.29 is 14.3 Å². The Balaban J connectivity index is 1.63. The van der Waals surface area contributed by atoms with Crippen LogP contribution in [0.5, 0.6) is 5.75 Å². The Labute approximate surface area is 177 Å². The van der Waals surface area contributed by atoms with Crippen molar-refractivity contribution in [2.24, 2.45) is 0 Å². The fraction of sp³-hybridized carbons (Fsp3) is 0.391. The molecular weight excluding hydrogens is 388 g/mol. The summed E-state index contributed by atoms with van der Waals surface area (Å²) >= 11 is 6.14. The number of carbonyl (C=O) groups excluding carboxylic acids is 2. The van der Waals surface area contributed by atoms with Gasteiger partial charge in [0, 0.05) is 44.4 Å². The molecule has 0 saturated carbocycles. The zero-order valence-corrected chi connectivity index (χ0v) is 17.6. The molecular formula is C23H27ClN2O3. The molecule has 29 heavy (non-hydrogen) atoms. The van der Waals surface area contributed by atoms with Crippen molar-refractivity contribution in [3.05, 3.63) is 64.7 Å². The minimum atomic E-state index is -0.202. The number of hydrogen-bond donors (Lipinski definition) is 1. The lowest BCUT2D eigenvalue weighted by molar-refractivity contribution is -0.130. The van der Waals surface area contributed by atoms with Crippen molar-refractivity contribution in [2.75, 3.05) is 19.6 Å². The second-order valence-electron chi connectivity index (χ2n) is 7.49. The summed E-state index contributed by atoms with van der Waals surface area (Å²) in [4.78, 5) is 26.1. The number of piperidine rings is 1. The number of carbonyl (C=O) groups is 2. The van der Waals surface area contributed by atoms with Crippen molar-refractivity contribution >= 4 is 23.4 Å². The van der Waals surface area contributed by atoms with E-state index in [2.05, 4.69) is 24.4 Å². The average Bonchev–Trinajstić information content (AvgIpc) is 2.74. The van der Waals surface area contributed by atoms with E-state index < -0.39 is 0 Å². The molecule has 3 rings (SSSR count). The summed E-state index contributed by atoms with van der Waals surface area (Å²) in [5.74, 6) is 0.606. The molecule has 0 spiro atoms. The van der Waals surface area contributed by atoms with E-state index in [1.54, 1.807) is 25.1 Å². The van der Waals surface area contributed by atoms with Gasteiger partial charge in [-0.1, -0.05) is 48.9 Å². The topological polar surface area (TPSA) is 58.6 Å². The number of likely N-dealkylation sites (tertiary alicyclic amines) is 1. The Bertz CT molecular complexity index is 848. The van der Waals surface area contributed by atoms with Crippen LogP contribution in [0, 0.1) is 0 Å². The van der Waals surface area contributed by atoms with Crippen LogP contribution in [-0.4, -0.2) is 42.5 Å². The van der Waals surface area contributed by atoms with Gasteiger partial charge in [-0.2, -0.15) is 0 Å². The number of hydrogen-bond acceptors (Lipinski definition) is 3. The number of nitrogens with one attached hydrogen (secondary N) is 1. The smallest absolute Gasteiger partial charge is 0.255 e. The number of amides is 2. The first-order valence-electron chi connectivity index (χ1n) is 9.99. The van der Waals surface area contributed by atoms with E-state index in [9.17, 15) is 9.59 Å². The third-order valence-corrected chi connectivity index (χ3v) is 5.54. The van der Waals surface area contributed by atoms with Gasteiger partial charge in [0.05, 0.1) is 5.56 Å². The highest BCUT2D eigenvalue weighted by molar-refractivity contribution is 6.31. The molecule has 1 aliphatic heterocycles. The Hall–Kier alpha value is -2.53. The first kappa shape index (κ1) is 21.2. The predicted octanol–water partition coefficient (Wildman–Crippen LogP) is 4.26. The molecule has 1 atom stereocenters. The Morgan fingerprint density at radius 3 is 2.52 bits per heavy atom. The van der Waals surface area contributed by atoms with Crippen LogP contribution in [0.3, 0.4) is 0 Å². The molecule has 0 bridgehead atoms. The summed E-state index contributed by atoms with van der Waals surface area (Å²) in [6, 6.07) is 15.2. The lowest BCUT2D eigenvalue weighted by Gasteiger charge is -2.31. The minimum absolute atomic E-state index is 0.0263. The van der Waals surface area contributed by atoms with E-state index in [0.717, 1.165) is 12.8 Å². The standard InChI is InChI=1S/C23H27ClN2O3/c1-16(18-6-4-3-5-7-18)15-25-23(28)21-14-19(24)8-9-22(21)29-20-10-12-26(13-11-20)17(2)27/h3-9,14,16,20H,10-13,15H2,1-2H3,(H,25,28). The van der Waals surface area contributed by atoms with Crippen molar-refractivity contribution in [3.63, 3.8) is 0 Å². The van der Waals surface area contributed by atoms with Gasteiger partial charge >= 0.3 is 0 Å². The van der Waals surface area contributed by atoms with Gasteiger partial charge < -0.3 is 15.0 Å². The van der Waals surface area contributed by atoms with Crippen molar-refractivity contribution in [1.82, 2.24) is 10.2 Å². The lowest BCUT2D eigenvalue weighted by Crippen LogP contribution is -2.40. The molecule has 1 unspecified atom stereocenters. The molecule has 2 amide bonds. The van der Waals surface area contributed by atoms with Gasteiger partial charge in [0.1, 0.15) is 11.9 Å². The summed E-state index contributed by atoms with van der Waals surface area (Å²) in [6.45, 7) is 5.52. The zero-order chi connectivity index (χ0) is 20.8. The second kappa shape index (κ2) is 9.79. The first-order chi connectivity index (χ1) is 13.9. The van der Waals surface area contributed by atoms with Gasteiger partial charge in [0.15, 0.2) is 0 Å². The maximum Gasteiger partial charge on any atom is 0.255 e. The number of ether oxygens (including phenoxy) is 1. The molecule has 1 fully saturated rings. The summed E-state index contributed by atoms with van der Waals surface area (Å²) in [5, 5.41) is 3.48. The minimum Gasteiger partial charge on any atom is -0.489 e. The van der Waals surface area contributed by atoms with Crippen LogP contribution < -0.4 is 10.1 Å². The molecule has 1 saturated heterocycles. The van der Waals surface area contributed by atoms with Crippen molar-refractivity contribution in [3.8, 4) is 5.75 Å². The third kappa shape index (κ3) is 5.73. The van der Waals surface area contributed by atoms with Crippen LogP contribution in [0.4, 0.5) is 0 Å². The summed E-state index contributed by atoms with van der Waals surface area (Å²) in [5.41, 5.74) is 1.61. The predicted molar refractivity (Wildman–Crippen MR) is 115 cm³/mol. The molecule has 0 radical (unpaired) electrons. The highest BCUT2D eigenvalue weighted by atomic mass is 35.5. The van der Waals surface area contributed by atoms with Crippen LogP contribution in [-0.2, 0) is 4.79 Å². The summed E-state index contributed by atoms with van der Waals surface area (Å²) in [6.07, 6.45) is 1.46. The number of benzene rings is 2. The second-order valence-corrected chi connectivity index (χ2v) is 7.92. The van der Waals surface area contributed by atoms with E-state index in [1.807, 2.05) is 23.1 Å². The molecule has 6 heteroatoms. The molecule has 2 aromatic carbocycles. The summed E-state index contributed by atoms with van der Waals surface area (Å²) < 4.78 is 6.12. The van der Waals surface area contributed by atoms with E-state index >= 15 is 0 Å². The van der Waals surface area contributed by atoms with Gasteiger partial charge in [0.25, 0.3) is 5.91 Å². The monoisotopic (exact) mass is 414 g/mol. The fourth-order valence-electron chi connectivity index (χ4n) is 3.49. The first-order valence-corrected chi connectivity index (χ1v) is 10.4. The SMILES string of the molecule is CC(=O)N1CCC(Oc2ccc(Cl)cc2C(=O)NCC(C)c2ccccc2)CC1. The van der Waals surface area contributed by atoms with Crippen molar-refractivity contribution in [1.29, 1.82) is 0 Å². The Morgan fingerprint density at radius 2 is 1.86 bits per heavy atom. The number of halogens is 1.